The van der Waals surface area contributed by atoms with E-state index in [0.717, 1.165) is 36.6 Å². The van der Waals surface area contributed by atoms with Crippen molar-refractivity contribution in [2.24, 2.45) is 5.92 Å². The van der Waals surface area contributed by atoms with Crippen molar-refractivity contribution in [3.63, 3.8) is 0 Å². The minimum Gasteiger partial charge on any atom is -0.454 e. The molecule has 2 aromatic rings. The van der Waals surface area contributed by atoms with Gasteiger partial charge in [-0.15, -0.1) is 0 Å². The summed E-state index contributed by atoms with van der Waals surface area (Å²) in [5.41, 5.74) is 1.50. The smallest absolute Gasteiger partial charge is 0.272 e. The van der Waals surface area contributed by atoms with Crippen LogP contribution in [0.15, 0.2) is 24.3 Å². The molecule has 142 valence electrons. The number of hydrogen-bond acceptors (Lipinski definition) is 6. The summed E-state index contributed by atoms with van der Waals surface area (Å²) in [6.07, 6.45) is 2.22. The number of rotatable bonds is 4. The van der Waals surface area contributed by atoms with Gasteiger partial charge in [0.05, 0.1) is 0 Å². The highest BCUT2D eigenvalue weighted by Gasteiger charge is 2.23. The van der Waals surface area contributed by atoms with E-state index in [1.54, 1.807) is 13.0 Å². The van der Waals surface area contributed by atoms with Crippen LogP contribution in [0.2, 0.25) is 0 Å². The number of hydrogen-bond donors (Lipinski definition) is 1. The van der Waals surface area contributed by atoms with Crippen LogP contribution in [0.25, 0.3) is 0 Å². The van der Waals surface area contributed by atoms with Crippen LogP contribution in [0.3, 0.4) is 0 Å². The monoisotopic (exact) mass is 368 g/mol. The maximum Gasteiger partial charge on any atom is 0.272 e. The largest absolute Gasteiger partial charge is 0.454 e. The number of carbonyl (C=O) groups excluding carboxylic acids is 1. The molecule has 1 fully saturated rings. The number of benzene rings is 1. The summed E-state index contributed by atoms with van der Waals surface area (Å²) in [6.45, 7) is 6.41. The molecule has 0 saturated carbocycles. The molecule has 2 aliphatic rings. The maximum atomic E-state index is 12.8. The van der Waals surface area contributed by atoms with Gasteiger partial charge in [-0.1, -0.05) is 13.0 Å². The molecule has 0 aliphatic carbocycles. The van der Waals surface area contributed by atoms with Gasteiger partial charge in [0.25, 0.3) is 5.91 Å². The molecule has 27 heavy (non-hydrogen) atoms. The van der Waals surface area contributed by atoms with Crippen molar-refractivity contribution in [2.75, 3.05) is 25.2 Å². The van der Waals surface area contributed by atoms with Gasteiger partial charge in [0, 0.05) is 25.7 Å². The molecule has 7 nitrogen and oxygen atoms in total. The van der Waals surface area contributed by atoms with Crippen molar-refractivity contribution in [1.29, 1.82) is 0 Å². The lowest BCUT2D eigenvalue weighted by molar-refractivity contribution is 0.0676. The Balaban J connectivity index is 1.46. The first-order valence-electron chi connectivity index (χ1n) is 9.36. The molecule has 0 radical (unpaired) electrons. The molecular formula is C20H24N4O3. The molecule has 1 saturated heterocycles. The van der Waals surface area contributed by atoms with E-state index in [9.17, 15) is 4.79 Å². The Bertz CT molecular complexity index is 855. The Morgan fingerprint density at radius 1 is 1.26 bits per heavy atom. The number of nitrogens with zero attached hydrogens (tertiary/aromatic N) is 3. The van der Waals surface area contributed by atoms with E-state index in [1.165, 1.54) is 6.42 Å². The van der Waals surface area contributed by atoms with Crippen molar-refractivity contribution in [3.8, 4) is 11.5 Å². The average molecular weight is 368 g/mol. The highest BCUT2D eigenvalue weighted by atomic mass is 16.7. The highest BCUT2D eigenvalue weighted by molar-refractivity contribution is 5.93. The number of likely N-dealkylation sites (tertiary alicyclic amines) is 1. The summed E-state index contributed by atoms with van der Waals surface area (Å²) >= 11 is 0. The summed E-state index contributed by atoms with van der Waals surface area (Å²) in [5.74, 6) is 3.27. The van der Waals surface area contributed by atoms with Gasteiger partial charge in [-0.3, -0.25) is 4.79 Å². The van der Waals surface area contributed by atoms with Crippen molar-refractivity contribution >= 4 is 11.7 Å². The van der Waals surface area contributed by atoms with Gasteiger partial charge in [-0.05, 0) is 43.4 Å². The molecule has 1 aromatic heterocycles. The number of piperidine rings is 1. The predicted octanol–water partition coefficient (Wildman–Crippen LogP) is 3.00. The van der Waals surface area contributed by atoms with Gasteiger partial charge >= 0.3 is 0 Å². The summed E-state index contributed by atoms with van der Waals surface area (Å²) in [4.78, 5) is 23.5. The Hall–Kier alpha value is -2.83. The molecule has 1 amide bonds. The molecule has 0 bridgehead atoms. The number of fused-ring (bicyclic) bond motifs is 1. The van der Waals surface area contributed by atoms with Crippen LogP contribution in [0, 0.1) is 12.8 Å². The van der Waals surface area contributed by atoms with Gasteiger partial charge in [0.15, 0.2) is 11.5 Å². The normalized spacial score (nSPS) is 18.4. The molecule has 1 aromatic carbocycles. The second kappa shape index (κ2) is 7.42. The molecule has 2 aliphatic heterocycles. The van der Waals surface area contributed by atoms with Crippen LogP contribution in [-0.4, -0.2) is 40.7 Å². The summed E-state index contributed by atoms with van der Waals surface area (Å²) < 4.78 is 10.7. The third-order valence-corrected chi connectivity index (χ3v) is 4.91. The SMILES string of the molecule is Cc1nc(NCc2ccc3c(c2)OCO3)cc(C(=O)N2CCCC(C)C2)n1. The second-order valence-corrected chi connectivity index (χ2v) is 7.23. The molecule has 1 atom stereocenters. The Morgan fingerprint density at radius 2 is 2.11 bits per heavy atom. The van der Waals surface area contributed by atoms with Crippen molar-refractivity contribution in [3.05, 3.63) is 41.3 Å². The first-order chi connectivity index (χ1) is 13.1. The zero-order valence-corrected chi connectivity index (χ0v) is 15.7. The maximum absolute atomic E-state index is 12.8. The minimum absolute atomic E-state index is 0.0156. The number of nitrogens with one attached hydrogen (secondary N) is 1. The zero-order chi connectivity index (χ0) is 18.8. The third kappa shape index (κ3) is 3.97. The Kier molecular flexibility index (Phi) is 4.83. The zero-order valence-electron chi connectivity index (χ0n) is 15.7. The molecule has 0 spiro atoms. The quantitative estimate of drug-likeness (QED) is 0.894. The fourth-order valence-electron chi connectivity index (χ4n) is 3.55. The van der Waals surface area contributed by atoms with E-state index >= 15 is 0 Å². The highest BCUT2D eigenvalue weighted by Crippen LogP contribution is 2.32. The van der Waals surface area contributed by atoms with Crippen molar-refractivity contribution in [2.45, 2.75) is 33.2 Å². The summed E-state index contributed by atoms with van der Waals surface area (Å²) in [6, 6.07) is 7.57. The number of aromatic nitrogens is 2. The summed E-state index contributed by atoms with van der Waals surface area (Å²) in [5, 5.41) is 3.28. The van der Waals surface area contributed by atoms with E-state index in [1.807, 2.05) is 23.1 Å². The lowest BCUT2D eigenvalue weighted by Crippen LogP contribution is -2.39. The van der Waals surface area contributed by atoms with Crippen molar-refractivity contribution < 1.29 is 14.3 Å². The number of amides is 1. The summed E-state index contributed by atoms with van der Waals surface area (Å²) in [7, 11) is 0. The first-order valence-corrected chi connectivity index (χ1v) is 9.36. The van der Waals surface area contributed by atoms with Gasteiger partial charge in [-0.2, -0.15) is 0 Å². The molecule has 1 N–H and O–H groups in total. The van der Waals surface area contributed by atoms with Gasteiger partial charge in [0.2, 0.25) is 6.79 Å². The fraction of sp³-hybridized carbons (Fsp3) is 0.450. The van der Waals surface area contributed by atoms with Crippen molar-refractivity contribution in [1.82, 2.24) is 14.9 Å². The second-order valence-electron chi connectivity index (χ2n) is 7.23. The molecule has 7 heteroatoms. The van der Waals surface area contributed by atoms with Crippen LogP contribution >= 0.6 is 0 Å². The van der Waals surface area contributed by atoms with Gasteiger partial charge < -0.3 is 19.7 Å². The van der Waals surface area contributed by atoms with Crippen LogP contribution in [0.4, 0.5) is 5.82 Å². The number of ether oxygens (including phenoxy) is 2. The molecular weight excluding hydrogens is 344 g/mol. The lowest BCUT2D eigenvalue weighted by Gasteiger charge is -2.30. The average Bonchev–Trinajstić information content (AvgIpc) is 3.13. The number of carbonyl (C=O) groups is 1. The standard InChI is InChI=1S/C20H24N4O3/c1-13-4-3-7-24(11-13)20(25)16-9-19(23-14(2)22-16)21-10-15-5-6-17-18(8-15)27-12-26-17/h5-6,8-9,13H,3-4,7,10-12H2,1-2H3,(H,21,22,23). The van der Waals surface area contributed by atoms with E-state index < -0.39 is 0 Å². The van der Waals surface area contributed by atoms with E-state index in [0.29, 0.717) is 29.8 Å². The molecule has 1 unspecified atom stereocenters. The Morgan fingerprint density at radius 3 is 2.96 bits per heavy atom. The van der Waals surface area contributed by atoms with E-state index in [4.69, 9.17) is 9.47 Å². The topological polar surface area (TPSA) is 76.6 Å². The van der Waals surface area contributed by atoms with Crippen LogP contribution in [-0.2, 0) is 6.54 Å². The lowest BCUT2D eigenvalue weighted by atomic mass is 10.00. The van der Waals surface area contributed by atoms with Crippen LogP contribution < -0.4 is 14.8 Å². The fourth-order valence-corrected chi connectivity index (χ4v) is 3.55. The van der Waals surface area contributed by atoms with E-state index in [2.05, 4.69) is 22.2 Å². The van der Waals surface area contributed by atoms with Crippen LogP contribution in [0.5, 0.6) is 11.5 Å². The minimum atomic E-state index is -0.0156. The number of anilines is 1. The third-order valence-electron chi connectivity index (χ3n) is 4.91. The molecule has 4 rings (SSSR count). The number of aryl methyl sites for hydroxylation is 1. The Labute approximate surface area is 158 Å². The van der Waals surface area contributed by atoms with E-state index in [-0.39, 0.29) is 12.7 Å². The van der Waals surface area contributed by atoms with Gasteiger partial charge in [-0.25, -0.2) is 9.97 Å². The van der Waals surface area contributed by atoms with Gasteiger partial charge in [0.1, 0.15) is 17.3 Å². The predicted molar refractivity (Wildman–Crippen MR) is 101 cm³/mol. The molecule has 3 heterocycles. The first kappa shape index (κ1) is 17.6. The van der Waals surface area contributed by atoms with Crippen LogP contribution in [0.1, 0.15) is 41.6 Å².